The summed E-state index contributed by atoms with van der Waals surface area (Å²) < 4.78 is 12.3. The van der Waals surface area contributed by atoms with Gasteiger partial charge in [-0.3, -0.25) is 14.9 Å². The summed E-state index contributed by atoms with van der Waals surface area (Å²) in [4.78, 5) is 23.9. The van der Waals surface area contributed by atoms with Gasteiger partial charge in [0.05, 0.1) is 30.4 Å². The molecule has 0 radical (unpaired) electrons. The summed E-state index contributed by atoms with van der Waals surface area (Å²) in [5.74, 6) is 0.615. The van der Waals surface area contributed by atoms with Gasteiger partial charge in [0, 0.05) is 43.5 Å². The van der Waals surface area contributed by atoms with Crippen molar-refractivity contribution in [2.45, 2.75) is 19.6 Å². The molecule has 0 saturated carbocycles. The third-order valence-electron chi connectivity index (χ3n) is 5.38. The zero-order valence-corrected chi connectivity index (χ0v) is 18.5. The number of ether oxygens (including phenoxy) is 1. The Bertz CT molecular complexity index is 1410. The third kappa shape index (κ3) is 4.69. The second-order valence-corrected chi connectivity index (χ2v) is 7.75. The van der Waals surface area contributed by atoms with Crippen molar-refractivity contribution in [3.8, 4) is 11.4 Å². The highest BCUT2D eigenvalue weighted by atomic mass is 16.5. The van der Waals surface area contributed by atoms with Gasteiger partial charge >= 0.3 is 5.63 Å². The molecular weight excluding hydrogens is 432 g/mol. The Labute approximate surface area is 195 Å². The van der Waals surface area contributed by atoms with Gasteiger partial charge in [-0.25, -0.2) is 9.48 Å². The van der Waals surface area contributed by atoms with Gasteiger partial charge < -0.3 is 9.15 Å². The summed E-state index contributed by atoms with van der Waals surface area (Å²) in [5, 5.41) is 9.01. The Hall–Kier alpha value is -4.37. The fourth-order valence-electron chi connectivity index (χ4n) is 3.76. The zero-order chi connectivity index (χ0) is 23.3. The van der Waals surface area contributed by atoms with Gasteiger partial charge in [-0.05, 0) is 42.5 Å². The lowest BCUT2D eigenvalue weighted by Crippen LogP contribution is -2.25. The van der Waals surface area contributed by atoms with Gasteiger partial charge in [0.25, 0.3) is 0 Å². The lowest BCUT2D eigenvalue weighted by Gasteiger charge is -2.21. The predicted octanol–water partition coefficient (Wildman–Crippen LogP) is 3.37. The number of methoxy groups -OCH3 is 1. The Balaban J connectivity index is 1.47. The maximum atomic E-state index is 12.8. The molecule has 5 rings (SSSR count). The van der Waals surface area contributed by atoms with Gasteiger partial charge in [-0.1, -0.05) is 17.3 Å². The molecule has 0 saturated heterocycles. The number of rotatable bonds is 8. The fourth-order valence-corrected chi connectivity index (χ4v) is 3.76. The lowest BCUT2D eigenvalue weighted by atomic mass is 10.2. The molecule has 0 aliphatic carbocycles. The normalized spacial score (nSPS) is 11.2. The first-order valence-corrected chi connectivity index (χ1v) is 10.7. The smallest absolute Gasteiger partial charge is 0.362 e. The van der Waals surface area contributed by atoms with Crippen LogP contribution >= 0.6 is 0 Å². The molecule has 5 aromatic rings. The molecule has 0 fully saturated rings. The highest BCUT2D eigenvalue weighted by Gasteiger charge is 2.17. The quantitative estimate of drug-likeness (QED) is 0.329. The van der Waals surface area contributed by atoms with E-state index in [2.05, 4.69) is 25.2 Å². The SMILES string of the molecule is COc1ccc2cc(-n3nncc3CN(Cc3ccccn3)Cc3ccccn3)c(=O)oc2c1. The van der Waals surface area contributed by atoms with Crippen LogP contribution in [-0.4, -0.2) is 37.0 Å². The number of hydrogen-bond donors (Lipinski definition) is 0. The number of hydrogen-bond acceptors (Lipinski definition) is 8. The Morgan fingerprint density at radius 2 is 1.68 bits per heavy atom. The van der Waals surface area contributed by atoms with E-state index in [0.29, 0.717) is 36.7 Å². The molecule has 9 nitrogen and oxygen atoms in total. The molecule has 0 atom stereocenters. The van der Waals surface area contributed by atoms with Gasteiger partial charge in [-0.15, -0.1) is 5.10 Å². The molecule has 1 aromatic carbocycles. The van der Waals surface area contributed by atoms with Crippen molar-refractivity contribution in [1.29, 1.82) is 0 Å². The van der Waals surface area contributed by atoms with Crippen molar-refractivity contribution < 1.29 is 9.15 Å². The van der Waals surface area contributed by atoms with Crippen LogP contribution in [0.3, 0.4) is 0 Å². The summed E-state index contributed by atoms with van der Waals surface area (Å²) in [6, 6.07) is 18.7. The van der Waals surface area contributed by atoms with Crippen molar-refractivity contribution in [2.75, 3.05) is 7.11 Å². The summed E-state index contributed by atoms with van der Waals surface area (Å²) in [6.45, 7) is 1.66. The van der Waals surface area contributed by atoms with Crippen LogP contribution in [0.1, 0.15) is 17.1 Å². The Kier molecular flexibility index (Phi) is 6.09. The van der Waals surface area contributed by atoms with Gasteiger partial charge in [0.1, 0.15) is 11.3 Å². The first kappa shape index (κ1) is 21.5. The predicted molar refractivity (Wildman–Crippen MR) is 125 cm³/mol. The van der Waals surface area contributed by atoms with E-state index < -0.39 is 5.63 Å². The van der Waals surface area contributed by atoms with E-state index in [0.717, 1.165) is 22.5 Å². The summed E-state index contributed by atoms with van der Waals surface area (Å²) in [7, 11) is 1.57. The van der Waals surface area contributed by atoms with E-state index >= 15 is 0 Å². The summed E-state index contributed by atoms with van der Waals surface area (Å²) in [6.07, 6.45) is 5.20. The minimum atomic E-state index is -0.506. The third-order valence-corrected chi connectivity index (χ3v) is 5.38. The van der Waals surface area contributed by atoms with Crippen molar-refractivity contribution in [2.24, 2.45) is 0 Å². The lowest BCUT2D eigenvalue weighted by molar-refractivity contribution is 0.236. The number of aromatic nitrogens is 5. The zero-order valence-electron chi connectivity index (χ0n) is 18.5. The first-order valence-electron chi connectivity index (χ1n) is 10.7. The second kappa shape index (κ2) is 9.63. The molecular formula is C25H22N6O3. The summed E-state index contributed by atoms with van der Waals surface area (Å²) in [5.41, 5.74) is 2.83. The molecule has 0 N–H and O–H groups in total. The van der Waals surface area contributed by atoms with Crippen LogP contribution < -0.4 is 10.4 Å². The van der Waals surface area contributed by atoms with E-state index in [9.17, 15) is 4.79 Å². The van der Waals surface area contributed by atoms with Crippen molar-refractivity contribution in [3.05, 3.63) is 107 Å². The highest BCUT2D eigenvalue weighted by molar-refractivity contribution is 5.79. The van der Waals surface area contributed by atoms with Crippen molar-refractivity contribution in [3.63, 3.8) is 0 Å². The van der Waals surface area contributed by atoms with Gasteiger partial charge in [0.2, 0.25) is 0 Å². The summed E-state index contributed by atoms with van der Waals surface area (Å²) >= 11 is 0. The molecule has 0 aliphatic rings. The molecule has 0 spiro atoms. The minimum Gasteiger partial charge on any atom is -0.497 e. The van der Waals surface area contributed by atoms with Gasteiger partial charge in [0.15, 0.2) is 5.69 Å². The highest BCUT2D eigenvalue weighted by Crippen LogP contribution is 2.22. The van der Waals surface area contributed by atoms with Crippen LogP contribution in [0.25, 0.3) is 16.7 Å². The van der Waals surface area contributed by atoms with E-state index in [1.807, 2.05) is 48.5 Å². The maximum Gasteiger partial charge on any atom is 0.362 e. The molecule has 0 bridgehead atoms. The largest absolute Gasteiger partial charge is 0.497 e. The van der Waals surface area contributed by atoms with Crippen molar-refractivity contribution >= 4 is 11.0 Å². The first-order chi connectivity index (χ1) is 16.7. The second-order valence-electron chi connectivity index (χ2n) is 7.75. The van der Waals surface area contributed by atoms with Crippen LogP contribution in [0.15, 0.2) is 88.5 Å². The average molecular weight is 454 g/mol. The number of fused-ring (bicyclic) bond motifs is 1. The monoisotopic (exact) mass is 454 g/mol. The molecule has 34 heavy (non-hydrogen) atoms. The fraction of sp³-hybridized carbons (Fsp3) is 0.160. The molecule has 9 heteroatoms. The molecule has 0 unspecified atom stereocenters. The molecule has 4 heterocycles. The maximum absolute atomic E-state index is 12.8. The molecule has 0 aliphatic heterocycles. The number of nitrogens with zero attached hydrogens (tertiary/aromatic N) is 6. The van der Waals surface area contributed by atoms with Gasteiger partial charge in [-0.2, -0.15) is 0 Å². The van der Waals surface area contributed by atoms with E-state index in [4.69, 9.17) is 9.15 Å². The topological polar surface area (TPSA) is 99.2 Å². The van der Waals surface area contributed by atoms with Crippen LogP contribution in [0, 0.1) is 0 Å². The molecule has 170 valence electrons. The van der Waals surface area contributed by atoms with Crippen LogP contribution in [0.4, 0.5) is 0 Å². The standard InChI is InChI=1S/C25H22N6O3/c1-33-22-9-8-18-12-23(25(32)34-24(18)13-22)31-21(14-28-29-31)17-30(15-19-6-2-4-10-26-19)16-20-7-3-5-11-27-20/h2-14H,15-17H2,1H3. The van der Waals surface area contributed by atoms with Crippen LogP contribution in [0.5, 0.6) is 5.75 Å². The Morgan fingerprint density at radius 1 is 0.941 bits per heavy atom. The van der Waals surface area contributed by atoms with Crippen LogP contribution in [-0.2, 0) is 19.6 Å². The Morgan fingerprint density at radius 3 is 2.32 bits per heavy atom. The molecule has 0 amide bonds. The van der Waals surface area contributed by atoms with Crippen LogP contribution in [0.2, 0.25) is 0 Å². The van der Waals surface area contributed by atoms with E-state index in [1.54, 1.807) is 37.8 Å². The van der Waals surface area contributed by atoms with E-state index in [1.165, 1.54) is 4.68 Å². The van der Waals surface area contributed by atoms with E-state index in [-0.39, 0.29) is 0 Å². The molecule has 4 aromatic heterocycles. The number of benzene rings is 1. The number of pyridine rings is 2. The minimum absolute atomic E-state index is 0.292. The average Bonchev–Trinajstić information content (AvgIpc) is 3.32. The van der Waals surface area contributed by atoms with Crippen molar-refractivity contribution in [1.82, 2.24) is 29.9 Å².